The Labute approximate surface area is 175 Å². The Bertz CT molecular complexity index is 1290. The number of nitrogens with zero attached hydrogens (tertiary/aromatic N) is 4. The topological polar surface area (TPSA) is 62.5 Å². The van der Waals surface area contributed by atoms with Crippen LogP contribution in [0.2, 0.25) is 0 Å². The van der Waals surface area contributed by atoms with E-state index in [4.69, 9.17) is 4.98 Å². The van der Waals surface area contributed by atoms with Crippen LogP contribution < -0.4 is 10.2 Å². The summed E-state index contributed by atoms with van der Waals surface area (Å²) in [6, 6.07) is 12.1. The molecule has 3 heterocycles. The van der Waals surface area contributed by atoms with Gasteiger partial charge in [-0.1, -0.05) is 29.8 Å². The van der Waals surface area contributed by atoms with Gasteiger partial charge in [0.05, 0.1) is 5.69 Å². The zero-order valence-electron chi connectivity index (χ0n) is 17.3. The number of nitrogens with one attached hydrogen (secondary N) is 1. The number of amides is 1. The normalized spacial score (nSPS) is 13.6. The van der Waals surface area contributed by atoms with Crippen LogP contribution in [-0.2, 0) is 6.42 Å². The number of fused-ring (bicyclic) bond motifs is 2. The summed E-state index contributed by atoms with van der Waals surface area (Å²) in [4.78, 5) is 24.3. The van der Waals surface area contributed by atoms with Crippen molar-refractivity contribution in [3.63, 3.8) is 0 Å². The van der Waals surface area contributed by atoms with E-state index in [1.807, 2.05) is 53.0 Å². The van der Waals surface area contributed by atoms with Gasteiger partial charge in [-0.3, -0.25) is 4.79 Å². The molecule has 1 aliphatic heterocycles. The van der Waals surface area contributed by atoms with Crippen LogP contribution in [0.5, 0.6) is 0 Å². The minimum Gasteiger partial charge on any atom is -0.370 e. The molecule has 0 spiro atoms. The number of benzene rings is 2. The number of imidazole rings is 1. The molecule has 6 nitrogen and oxygen atoms in total. The third-order valence-corrected chi connectivity index (χ3v) is 5.82. The fourth-order valence-electron chi connectivity index (χ4n) is 4.27. The van der Waals surface area contributed by atoms with Gasteiger partial charge in [0.1, 0.15) is 0 Å². The summed E-state index contributed by atoms with van der Waals surface area (Å²) in [6.45, 7) is 4.80. The molecule has 0 unspecified atom stereocenters. The van der Waals surface area contributed by atoms with Crippen molar-refractivity contribution in [2.75, 3.05) is 23.8 Å². The predicted molar refractivity (Wildman–Crippen MR) is 119 cm³/mol. The summed E-state index contributed by atoms with van der Waals surface area (Å²) in [5, 5.41) is 3.13. The SMILES string of the molecule is CNc1nc(-c2cccc(N3CCc4cc(C)ccc4C3=O)c2C)cn2ccnc12. The van der Waals surface area contributed by atoms with Gasteiger partial charge in [0.2, 0.25) is 0 Å². The number of rotatable bonds is 3. The van der Waals surface area contributed by atoms with Crippen LogP contribution in [0.1, 0.15) is 27.0 Å². The Morgan fingerprint density at radius 1 is 1.10 bits per heavy atom. The minimum absolute atomic E-state index is 0.0606. The summed E-state index contributed by atoms with van der Waals surface area (Å²) < 4.78 is 1.96. The van der Waals surface area contributed by atoms with Crippen LogP contribution >= 0.6 is 0 Å². The summed E-state index contributed by atoms with van der Waals surface area (Å²) >= 11 is 0. The molecule has 0 atom stereocenters. The molecule has 30 heavy (non-hydrogen) atoms. The third-order valence-electron chi connectivity index (χ3n) is 5.82. The molecule has 0 saturated heterocycles. The maximum atomic E-state index is 13.3. The van der Waals surface area contributed by atoms with Crippen molar-refractivity contribution in [3.8, 4) is 11.3 Å². The van der Waals surface area contributed by atoms with E-state index in [0.29, 0.717) is 6.54 Å². The zero-order valence-corrected chi connectivity index (χ0v) is 17.3. The molecule has 0 radical (unpaired) electrons. The van der Waals surface area contributed by atoms with Crippen LogP contribution in [0, 0.1) is 13.8 Å². The molecule has 0 saturated carbocycles. The molecule has 150 valence electrons. The second-order valence-corrected chi connectivity index (χ2v) is 7.70. The maximum Gasteiger partial charge on any atom is 0.258 e. The van der Waals surface area contributed by atoms with E-state index in [1.165, 1.54) is 5.56 Å². The van der Waals surface area contributed by atoms with Crippen molar-refractivity contribution in [1.82, 2.24) is 14.4 Å². The molecule has 4 aromatic rings. The van der Waals surface area contributed by atoms with Crippen LogP contribution in [-0.4, -0.2) is 33.9 Å². The second kappa shape index (κ2) is 6.99. The van der Waals surface area contributed by atoms with Crippen LogP contribution in [0.15, 0.2) is 55.0 Å². The van der Waals surface area contributed by atoms with Gasteiger partial charge in [0.25, 0.3) is 5.91 Å². The van der Waals surface area contributed by atoms with Crippen molar-refractivity contribution in [2.24, 2.45) is 0 Å². The lowest BCUT2D eigenvalue weighted by Crippen LogP contribution is -2.38. The van der Waals surface area contributed by atoms with E-state index in [-0.39, 0.29) is 5.91 Å². The molecule has 5 rings (SSSR count). The van der Waals surface area contributed by atoms with Gasteiger partial charge in [-0.15, -0.1) is 0 Å². The standard InChI is InChI=1S/C24H23N5O/c1-15-7-8-19-17(13-15)9-11-29(24(19)30)21-6-4-5-18(16(21)2)20-14-28-12-10-26-23(28)22(25-3)27-20/h4-8,10,12-14H,9,11H2,1-3H3,(H,25,27). The Morgan fingerprint density at radius 2 is 1.97 bits per heavy atom. The smallest absolute Gasteiger partial charge is 0.258 e. The van der Waals surface area contributed by atoms with Crippen molar-refractivity contribution >= 4 is 23.1 Å². The summed E-state index contributed by atoms with van der Waals surface area (Å²) in [5.41, 5.74) is 7.72. The largest absolute Gasteiger partial charge is 0.370 e. The molecule has 6 heteroatoms. The van der Waals surface area contributed by atoms with E-state index < -0.39 is 0 Å². The minimum atomic E-state index is 0.0606. The first-order chi connectivity index (χ1) is 14.6. The highest BCUT2D eigenvalue weighted by Gasteiger charge is 2.27. The Morgan fingerprint density at radius 3 is 2.80 bits per heavy atom. The number of hydrogen-bond donors (Lipinski definition) is 1. The summed E-state index contributed by atoms with van der Waals surface area (Å²) in [5.74, 6) is 0.783. The van der Waals surface area contributed by atoms with Crippen molar-refractivity contribution in [3.05, 3.63) is 77.2 Å². The van der Waals surface area contributed by atoms with Crippen molar-refractivity contribution < 1.29 is 4.79 Å². The van der Waals surface area contributed by atoms with Crippen LogP contribution in [0.4, 0.5) is 11.5 Å². The monoisotopic (exact) mass is 397 g/mol. The van der Waals surface area contributed by atoms with Gasteiger partial charge in [-0.2, -0.15) is 0 Å². The quantitative estimate of drug-likeness (QED) is 0.561. The lowest BCUT2D eigenvalue weighted by atomic mass is 9.95. The fraction of sp³-hybridized carbons (Fsp3) is 0.208. The van der Waals surface area contributed by atoms with E-state index in [2.05, 4.69) is 36.3 Å². The summed E-state index contributed by atoms with van der Waals surface area (Å²) in [6.07, 6.45) is 6.51. The highest BCUT2D eigenvalue weighted by molar-refractivity contribution is 6.09. The molecule has 0 aliphatic carbocycles. The van der Waals surface area contributed by atoms with Crippen LogP contribution in [0.3, 0.4) is 0 Å². The predicted octanol–water partition coefficient (Wildman–Crippen LogP) is 4.26. The van der Waals surface area contributed by atoms with Crippen molar-refractivity contribution in [1.29, 1.82) is 0 Å². The van der Waals surface area contributed by atoms with Gasteiger partial charge >= 0.3 is 0 Å². The van der Waals surface area contributed by atoms with Gasteiger partial charge < -0.3 is 14.6 Å². The Hall–Kier alpha value is -3.67. The lowest BCUT2D eigenvalue weighted by molar-refractivity contribution is 0.0980. The second-order valence-electron chi connectivity index (χ2n) is 7.70. The number of hydrogen-bond acceptors (Lipinski definition) is 4. The number of aromatic nitrogens is 3. The highest BCUT2D eigenvalue weighted by atomic mass is 16.2. The fourth-order valence-corrected chi connectivity index (χ4v) is 4.27. The number of carbonyl (C=O) groups is 1. The van der Waals surface area contributed by atoms with Gasteiger partial charge in [-0.25, -0.2) is 9.97 Å². The van der Waals surface area contributed by atoms with E-state index in [9.17, 15) is 4.79 Å². The first kappa shape index (κ1) is 18.4. The first-order valence-corrected chi connectivity index (χ1v) is 10.1. The first-order valence-electron chi connectivity index (χ1n) is 10.1. The average molecular weight is 397 g/mol. The molecular weight excluding hydrogens is 374 g/mol. The molecule has 1 N–H and O–H groups in total. The number of aryl methyl sites for hydroxylation is 1. The van der Waals surface area contributed by atoms with E-state index in [0.717, 1.165) is 51.5 Å². The Kier molecular flexibility index (Phi) is 4.28. The molecule has 2 aromatic carbocycles. The van der Waals surface area contributed by atoms with Crippen molar-refractivity contribution in [2.45, 2.75) is 20.3 Å². The number of anilines is 2. The Balaban J connectivity index is 1.59. The maximum absolute atomic E-state index is 13.3. The zero-order chi connectivity index (χ0) is 20.8. The highest BCUT2D eigenvalue weighted by Crippen LogP contribution is 2.33. The van der Waals surface area contributed by atoms with Gasteiger partial charge in [-0.05, 0) is 43.5 Å². The van der Waals surface area contributed by atoms with Gasteiger partial charge in [0.15, 0.2) is 11.5 Å². The average Bonchev–Trinajstić information content (AvgIpc) is 3.22. The lowest BCUT2D eigenvalue weighted by Gasteiger charge is -2.30. The van der Waals surface area contributed by atoms with Gasteiger partial charge in [0, 0.05) is 49.0 Å². The summed E-state index contributed by atoms with van der Waals surface area (Å²) in [7, 11) is 1.84. The molecular formula is C24H23N5O. The number of carbonyl (C=O) groups excluding carboxylic acids is 1. The van der Waals surface area contributed by atoms with E-state index >= 15 is 0 Å². The van der Waals surface area contributed by atoms with E-state index in [1.54, 1.807) is 6.20 Å². The van der Waals surface area contributed by atoms with Crippen LogP contribution in [0.25, 0.3) is 16.9 Å². The molecule has 2 aromatic heterocycles. The molecule has 1 amide bonds. The molecule has 0 fully saturated rings. The third kappa shape index (κ3) is 2.84. The molecule has 1 aliphatic rings. The molecule has 0 bridgehead atoms.